The molecule has 0 bridgehead atoms. The largest absolute Gasteiger partial charge is 0.384 e. The first-order valence-electron chi connectivity index (χ1n) is 6.72. The maximum Gasteiger partial charge on any atom is 0.254 e. The molecular weight excluding hydrogens is 254 g/mol. The molecule has 1 unspecified atom stereocenters. The quantitative estimate of drug-likeness (QED) is 0.782. The summed E-state index contributed by atoms with van der Waals surface area (Å²) in [6, 6.07) is 5.59. The van der Waals surface area contributed by atoms with Gasteiger partial charge in [-0.05, 0) is 31.5 Å². The number of hydrogen-bond donors (Lipinski definition) is 1. The average Bonchev–Trinajstić information content (AvgIpc) is 2.46. The predicted octanol–water partition coefficient (Wildman–Crippen LogP) is 1.20. The summed E-state index contributed by atoms with van der Waals surface area (Å²) >= 11 is 0. The Balaban J connectivity index is 2.25. The highest BCUT2D eigenvalue weighted by Crippen LogP contribution is 2.15. The molecule has 20 heavy (non-hydrogen) atoms. The van der Waals surface area contributed by atoms with Crippen molar-refractivity contribution in [3.8, 4) is 11.8 Å². The van der Waals surface area contributed by atoms with Crippen LogP contribution in [-0.2, 0) is 4.74 Å². The Bertz CT molecular complexity index is 557. The van der Waals surface area contributed by atoms with Crippen LogP contribution in [0.2, 0.25) is 0 Å². The highest BCUT2D eigenvalue weighted by molar-refractivity contribution is 5.95. The first-order valence-corrected chi connectivity index (χ1v) is 6.72. The number of carbonyl (C=O) groups excluding carboxylic acids is 1. The Labute approximate surface area is 119 Å². The molecule has 0 aliphatic carbocycles. The standard InChI is InChI=1S/C16H19NO3/c1-12-5-6-15(10-14(12)4-3-8-18)16(19)17-7-9-20-11-13(17)2/h5-6,10,13,18H,7-9,11H2,1-2H3. The fourth-order valence-corrected chi connectivity index (χ4v) is 2.22. The molecule has 4 nitrogen and oxygen atoms in total. The predicted molar refractivity (Wildman–Crippen MR) is 76.5 cm³/mol. The zero-order valence-electron chi connectivity index (χ0n) is 11.8. The number of aryl methyl sites for hydroxylation is 1. The Kier molecular flexibility index (Phi) is 4.78. The van der Waals surface area contributed by atoms with Crippen molar-refractivity contribution < 1.29 is 14.6 Å². The molecule has 1 atom stereocenters. The van der Waals surface area contributed by atoms with Gasteiger partial charge in [0.15, 0.2) is 0 Å². The normalized spacial score (nSPS) is 18.4. The fraction of sp³-hybridized carbons (Fsp3) is 0.438. The van der Waals surface area contributed by atoms with E-state index in [0.29, 0.717) is 25.3 Å². The van der Waals surface area contributed by atoms with E-state index in [1.165, 1.54) is 0 Å². The second-order valence-corrected chi connectivity index (χ2v) is 4.91. The zero-order valence-corrected chi connectivity index (χ0v) is 11.8. The summed E-state index contributed by atoms with van der Waals surface area (Å²) in [6.45, 7) is 5.52. The average molecular weight is 273 g/mol. The van der Waals surface area contributed by atoms with E-state index in [1.807, 2.05) is 30.9 Å². The first kappa shape index (κ1) is 14.6. The molecule has 2 rings (SSSR count). The summed E-state index contributed by atoms with van der Waals surface area (Å²) in [4.78, 5) is 14.4. The molecule has 1 aromatic rings. The minimum absolute atomic E-state index is 0.00727. The molecule has 0 aromatic heterocycles. The number of nitrogens with zero attached hydrogens (tertiary/aromatic N) is 1. The number of aliphatic hydroxyl groups is 1. The van der Waals surface area contributed by atoms with Crippen LogP contribution in [0.4, 0.5) is 0 Å². The second kappa shape index (κ2) is 6.56. The number of benzene rings is 1. The Morgan fingerprint density at radius 3 is 3.05 bits per heavy atom. The third-order valence-corrected chi connectivity index (χ3v) is 3.42. The summed E-state index contributed by atoms with van der Waals surface area (Å²) < 4.78 is 5.35. The molecule has 1 aliphatic heterocycles. The van der Waals surface area contributed by atoms with Gasteiger partial charge in [0.05, 0.1) is 19.3 Å². The smallest absolute Gasteiger partial charge is 0.254 e. The molecular formula is C16H19NO3. The van der Waals surface area contributed by atoms with Crippen molar-refractivity contribution in [2.24, 2.45) is 0 Å². The van der Waals surface area contributed by atoms with Gasteiger partial charge in [-0.1, -0.05) is 17.9 Å². The summed E-state index contributed by atoms with van der Waals surface area (Å²) in [5, 5.41) is 8.77. The molecule has 1 fully saturated rings. The van der Waals surface area contributed by atoms with Crippen LogP contribution in [0.1, 0.15) is 28.4 Å². The van der Waals surface area contributed by atoms with E-state index < -0.39 is 0 Å². The Morgan fingerprint density at radius 2 is 2.35 bits per heavy atom. The number of carbonyl (C=O) groups is 1. The molecule has 1 heterocycles. The highest BCUT2D eigenvalue weighted by Gasteiger charge is 2.24. The Hall–Kier alpha value is -1.83. The van der Waals surface area contributed by atoms with Crippen LogP contribution in [-0.4, -0.2) is 48.3 Å². The zero-order chi connectivity index (χ0) is 14.5. The topological polar surface area (TPSA) is 49.8 Å². The van der Waals surface area contributed by atoms with Crippen molar-refractivity contribution >= 4 is 5.91 Å². The minimum atomic E-state index is -0.182. The van der Waals surface area contributed by atoms with E-state index in [-0.39, 0.29) is 18.6 Å². The summed E-state index contributed by atoms with van der Waals surface area (Å²) in [6.07, 6.45) is 0. The number of morpholine rings is 1. The molecule has 4 heteroatoms. The Morgan fingerprint density at radius 1 is 1.55 bits per heavy atom. The number of rotatable bonds is 1. The van der Waals surface area contributed by atoms with Gasteiger partial charge in [0.25, 0.3) is 5.91 Å². The van der Waals surface area contributed by atoms with Crippen molar-refractivity contribution in [1.82, 2.24) is 4.90 Å². The van der Waals surface area contributed by atoms with Crippen molar-refractivity contribution in [2.75, 3.05) is 26.4 Å². The number of ether oxygens (including phenoxy) is 1. The van der Waals surface area contributed by atoms with Gasteiger partial charge in [0.1, 0.15) is 6.61 Å². The molecule has 1 N–H and O–H groups in total. The van der Waals surface area contributed by atoms with E-state index in [4.69, 9.17) is 9.84 Å². The fourth-order valence-electron chi connectivity index (χ4n) is 2.22. The molecule has 0 saturated carbocycles. The van der Waals surface area contributed by atoms with Gasteiger partial charge < -0.3 is 14.7 Å². The minimum Gasteiger partial charge on any atom is -0.384 e. The lowest BCUT2D eigenvalue weighted by atomic mass is 10.0. The van der Waals surface area contributed by atoms with E-state index in [0.717, 1.165) is 11.1 Å². The maximum atomic E-state index is 12.5. The number of amides is 1. The van der Waals surface area contributed by atoms with E-state index in [2.05, 4.69) is 11.8 Å². The third kappa shape index (κ3) is 3.19. The molecule has 1 amide bonds. The van der Waals surface area contributed by atoms with Crippen LogP contribution >= 0.6 is 0 Å². The number of aliphatic hydroxyl groups excluding tert-OH is 1. The lowest BCUT2D eigenvalue weighted by Gasteiger charge is -2.33. The van der Waals surface area contributed by atoms with Gasteiger partial charge >= 0.3 is 0 Å². The van der Waals surface area contributed by atoms with Crippen LogP contribution < -0.4 is 0 Å². The lowest BCUT2D eigenvalue weighted by molar-refractivity contribution is 0.00359. The second-order valence-electron chi connectivity index (χ2n) is 4.91. The molecule has 0 spiro atoms. The van der Waals surface area contributed by atoms with Crippen LogP contribution in [0.25, 0.3) is 0 Å². The first-order chi connectivity index (χ1) is 9.63. The summed E-state index contributed by atoms with van der Waals surface area (Å²) in [5.41, 5.74) is 2.41. The molecule has 1 saturated heterocycles. The van der Waals surface area contributed by atoms with E-state index in [9.17, 15) is 4.79 Å². The van der Waals surface area contributed by atoms with Crippen LogP contribution in [0, 0.1) is 18.8 Å². The van der Waals surface area contributed by atoms with Crippen molar-refractivity contribution in [3.63, 3.8) is 0 Å². The van der Waals surface area contributed by atoms with E-state index in [1.54, 1.807) is 6.07 Å². The SMILES string of the molecule is Cc1ccc(C(=O)N2CCOCC2C)cc1C#CCO. The highest BCUT2D eigenvalue weighted by atomic mass is 16.5. The maximum absolute atomic E-state index is 12.5. The van der Waals surface area contributed by atoms with Crippen molar-refractivity contribution in [2.45, 2.75) is 19.9 Å². The van der Waals surface area contributed by atoms with Gasteiger partial charge in [0, 0.05) is 17.7 Å². The van der Waals surface area contributed by atoms with Gasteiger partial charge in [-0.3, -0.25) is 4.79 Å². The third-order valence-electron chi connectivity index (χ3n) is 3.42. The summed E-state index contributed by atoms with van der Waals surface area (Å²) in [7, 11) is 0. The lowest BCUT2D eigenvalue weighted by Crippen LogP contribution is -2.47. The molecule has 0 radical (unpaired) electrons. The van der Waals surface area contributed by atoms with Crippen LogP contribution in [0.5, 0.6) is 0 Å². The molecule has 1 aromatic carbocycles. The van der Waals surface area contributed by atoms with E-state index >= 15 is 0 Å². The molecule has 1 aliphatic rings. The van der Waals surface area contributed by atoms with Gasteiger partial charge in [0.2, 0.25) is 0 Å². The van der Waals surface area contributed by atoms with Crippen molar-refractivity contribution in [3.05, 3.63) is 34.9 Å². The number of hydrogen-bond acceptors (Lipinski definition) is 3. The summed E-state index contributed by atoms with van der Waals surface area (Å²) in [5.74, 6) is 5.50. The van der Waals surface area contributed by atoms with Gasteiger partial charge in [-0.25, -0.2) is 0 Å². The van der Waals surface area contributed by atoms with Crippen molar-refractivity contribution in [1.29, 1.82) is 0 Å². The monoisotopic (exact) mass is 273 g/mol. The van der Waals surface area contributed by atoms with Gasteiger partial charge in [-0.15, -0.1) is 0 Å². The molecule has 106 valence electrons. The van der Waals surface area contributed by atoms with Crippen LogP contribution in [0.15, 0.2) is 18.2 Å². The van der Waals surface area contributed by atoms with Gasteiger partial charge in [-0.2, -0.15) is 0 Å². The van der Waals surface area contributed by atoms with Crippen LogP contribution in [0.3, 0.4) is 0 Å².